The molecule has 1 aromatic heterocycles. The van der Waals surface area contributed by atoms with E-state index in [-0.39, 0.29) is 19.0 Å². The van der Waals surface area contributed by atoms with Gasteiger partial charge in [-0.25, -0.2) is 19.6 Å². The maximum Gasteiger partial charge on any atom is 0.425 e. The van der Waals surface area contributed by atoms with E-state index in [4.69, 9.17) is 9.47 Å². The molecular formula is C12H17N3O4. The van der Waals surface area contributed by atoms with Crippen LogP contribution in [0.4, 0.5) is 15.4 Å². The molecule has 0 unspecified atom stereocenters. The second kappa shape index (κ2) is 6.67. The van der Waals surface area contributed by atoms with Gasteiger partial charge in [0.05, 0.1) is 13.2 Å². The minimum atomic E-state index is -0.821. The summed E-state index contributed by atoms with van der Waals surface area (Å²) in [4.78, 5) is 32.5. The summed E-state index contributed by atoms with van der Waals surface area (Å²) in [7, 11) is 0. The SMILES string of the molecule is CCOC(=O)N(C(=O)OCC)c1cc(C)nc(C)n1. The summed E-state index contributed by atoms with van der Waals surface area (Å²) < 4.78 is 9.66. The fourth-order valence-corrected chi connectivity index (χ4v) is 1.45. The number of aryl methyl sites for hydroxylation is 2. The van der Waals surface area contributed by atoms with Gasteiger partial charge in [-0.05, 0) is 27.7 Å². The molecule has 2 amide bonds. The van der Waals surface area contributed by atoms with Crippen molar-refractivity contribution in [2.45, 2.75) is 27.7 Å². The average molecular weight is 267 g/mol. The van der Waals surface area contributed by atoms with E-state index in [2.05, 4.69) is 9.97 Å². The summed E-state index contributed by atoms with van der Waals surface area (Å²) in [6.07, 6.45) is -1.64. The Morgan fingerprint density at radius 1 is 1.11 bits per heavy atom. The van der Waals surface area contributed by atoms with Gasteiger partial charge < -0.3 is 9.47 Å². The van der Waals surface area contributed by atoms with Crippen LogP contribution in [0.25, 0.3) is 0 Å². The Kier molecular flexibility index (Phi) is 5.23. The molecule has 7 nitrogen and oxygen atoms in total. The van der Waals surface area contributed by atoms with E-state index in [0.717, 1.165) is 4.90 Å². The van der Waals surface area contributed by atoms with E-state index >= 15 is 0 Å². The monoisotopic (exact) mass is 267 g/mol. The highest BCUT2D eigenvalue weighted by Gasteiger charge is 2.27. The Balaban J connectivity index is 3.14. The Morgan fingerprint density at radius 2 is 1.63 bits per heavy atom. The third-order valence-corrected chi connectivity index (χ3v) is 2.08. The lowest BCUT2D eigenvalue weighted by Gasteiger charge is -2.18. The Bertz CT molecular complexity index is 438. The van der Waals surface area contributed by atoms with Crippen molar-refractivity contribution < 1.29 is 19.1 Å². The zero-order valence-corrected chi connectivity index (χ0v) is 11.5. The standard InChI is InChI=1S/C12H17N3O4/c1-5-18-11(16)15(12(17)19-6-2)10-7-8(3)13-9(4)14-10/h7H,5-6H2,1-4H3. The highest BCUT2D eigenvalue weighted by Crippen LogP contribution is 2.15. The van der Waals surface area contributed by atoms with Crippen molar-refractivity contribution in [3.63, 3.8) is 0 Å². The first-order chi connectivity index (χ1) is 8.99. The molecular weight excluding hydrogens is 250 g/mol. The smallest absolute Gasteiger partial charge is 0.425 e. The van der Waals surface area contributed by atoms with Crippen LogP contribution in [-0.4, -0.2) is 35.4 Å². The quantitative estimate of drug-likeness (QED) is 0.835. The van der Waals surface area contributed by atoms with Crippen LogP contribution in [0.15, 0.2) is 6.07 Å². The number of imide groups is 1. The Labute approximate surface area is 111 Å². The summed E-state index contributed by atoms with van der Waals surface area (Å²) in [5.41, 5.74) is 0.640. The molecule has 19 heavy (non-hydrogen) atoms. The van der Waals surface area contributed by atoms with Gasteiger partial charge in [0.2, 0.25) is 0 Å². The number of anilines is 1. The van der Waals surface area contributed by atoms with E-state index in [1.807, 2.05) is 0 Å². The molecule has 0 fully saturated rings. The Hall–Kier alpha value is -2.18. The molecule has 0 radical (unpaired) electrons. The van der Waals surface area contributed by atoms with Gasteiger partial charge in [-0.3, -0.25) is 0 Å². The molecule has 0 bridgehead atoms. The third-order valence-electron chi connectivity index (χ3n) is 2.08. The molecule has 0 N–H and O–H groups in total. The van der Waals surface area contributed by atoms with Crippen LogP contribution < -0.4 is 4.90 Å². The minimum Gasteiger partial charge on any atom is -0.449 e. The summed E-state index contributed by atoms with van der Waals surface area (Å²) in [6, 6.07) is 1.51. The van der Waals surface area contributed by atoms with Gasteiger partial charge in [0.15, 0.2) is 5.82 Å². The van der Waals surface area contributed by atoms with E-state index in [0.29, 0.717) is 11.5 Å². The number of aromatic nitrogens is 2. The maximum atomic E-state index is 11.8. The fraction of sp³-hybridized carbons (Fsp3) is 0.500. The van der Waals surface area contributed by atoms with Crippen molar-refractivity contribution in [2.24, 2.45) is 0 Å². The first-order valence-corrected chi connectivity index (χ1v) is 5.95. The largest absolute Gasteiger partial charge is 0.449 e. The molecule has 0 aromatic carbocycles. The number of carbonyl (C=O) groups is 2. The van der Waals surface area contributed by atoms with Crippen LogP contribution >= 0.6 is 0 Å². The van der Waals surface area contributed by atoms with Gasteiger partial charge in [0.25, 0.3) is 0 Å². The van der Waals surface area contributed by atoms with Crippen LogP contribution in [0.2, 0.25) is 0 Å². The van der Waals surface area contributed by atoms with Crippen molar-refractivity contribution in [3.8, 4) is 0 Å². The molecule has 0 aliphatic heterocycles. The third kappa shape index (κ3) is 3.90. The Morgan fingerprint density at radius 3 is 2.05 bits per heavy atom. The van der Waals surface area contributed by atoms with E-state index in [9.17, 15) is 9.59 Å². The molecule has 0 aliphatic rings. The molecule has 1 rings (SSSR count). The fourth-order valence-electron chi connectivity index (χ4n) is 1.45. The number of hydrogen-bond donors (Lipinski definition) is 0. The van der Waals surface area contributed by atoms with E-state index < -0.39 is 12.2 Å². The molecule has 0 atom stereocenters. The van der Waals surface area contributed by atoms with E-state index in [1.165, 1.54) is 6.07 Å². The molecule has 0 spiro atoms. The van der Waals surface area contributed by atoms with Crippen molar-refractivity contribution >= 4 is 18.0 Å². The minimum absolute atomic E-state index is 0.141. The predicted octanol–water partition coefficient (Wildman–Crippen LogP) is 2.21. The molecule has 0 aliphatic carbocycles. The summed E-state index contributed by atoms with van der Waals surface area (Å²) in [5.74, 6) is 0.593. The van der Waals surface area contributed by atoms with Gasteiger partial charge in [0, 0.05) is 11.8 Å². The lowest BCUT2D eigenvalue weighted by atomic mass is 10.4. The topological polar surface area (TPSA) is 81.6 Å². The van der Waals surface area contributed by atoms with Gasteiger partial charge in [-0.1, -0.05) is 0 Å². The molecule has 1 heterocycles. The van der Waals surface area contributed by atoms with Gasteiger partial charge >= 0.3 is 12.2 Å². The van der Waals surface area contributed by atoms with Crippen molar-refractivity contribution in [2.75, 3.05) is 18.1 Å². The predicted molar refractivity (Wildman–Crippen MR) is 68.0 cm³/mol. The normalized spacial score (nSPS) is 9.89. The second-order valence-electron chi connectivity index (χ2n) is 3.65. The van der Waals surface area contributed by atoms with Crippen LogP contribution in [0.5, 0.6) is 0 Å². The number of nitrogens with zero attached hydrogens (tertiary/aromatic N) is 3. The number of amides is 2. The summed E-state index contributed by atoms with van der Waals surface area (Å²) in [5, 5.41) is 0. The van der Waals surface area contributed by atoms with Crippen LogP contribution in [0.1, 0.15) is 25.4 Å². The lowest BCUT2D eigenvalue weighted by molar-refractivity contribution is 0.140. The number of rotatable bonds is 3. The van der Waals surface area contributed by atoms with Crippen LogP contribution in [0, 0.1) is 13.8 Å². The van der Waals surface area contributed by atoms with Crippen molar-refractivity contribution in [1.29, 1.82) is 0 Å². The first kappa shape index (κ1) is 14.9. The lowest BCUT2D eigenvalue weighted by Crippen LogP contribution is -2.38. The van der Waals surface area contributed by atoms with Gasteiger partial charge in [-0.2, -0.15) is 4.90 Å². The van der Waals surface area contributed by atoms with Gasteiger partial charge in [0.1, 0.15) is 5.82 Å². The highest BCUT2D eigenvalue weighted by atomic mass is 16.6. The van der Waals surface area contributed by atoms with Crippen LogP contribution in [-0.2, 0) is 9.47 Å². The number of ether oxygens (including phenoxy) is 2. The summed E-state index contributed by atoms with van der Waals surface area (Å²) >= 11 is 0. The number of hydrogen-bond acceptors (Lipinski definition) is 6. The molecule has 104 valence electrons. The highest BCUT2D eigenvalue weighted by molar-refractivity contribution is 6.08. The molecule has 7 heteroatoms. The van der Waals surface area contributed by atoms with Gasteiger partial charge in [-0.15, -0.1) is 0 Å². The van der Waals surface area contributed by atoms with Crippen molar-refractivity contribution in [1.82, 2.24) is 9.97 Å². The average Bonchev–Trinajstić information content (AvgIpc) is 2.28. The first-order valence-electron chi connectivity index (χ1n) is 5.95. The van der Waals surface area contributed by atoms with Crippen molar-refractivity contribution in [3.05, 3.63) is 17.6 Å². The van der Waals surface area contributed by atoms with Crippen LogP contribution in [0.3, 0.4) is 0 Å². The molecule has 0 saturated carbocycles. The maximum absolute atomic E-state index is 11.8. The summed E-state index contributed by atoms with van der Waals surface area (Å²) in [6.45, 7) is 7.02. The zero-order valence-electron chi connectivity index (χ0n) is 11.5. The zero-order chi connectivity index (χ0) is 14.4. The number of carbonyl (C=O) groups excluding carboxylic acids is 2. The molecule has 0 saturated heterocycles. The second-order valence-corrected chi connectivity index (χ2v) is 3.65. The van der Waals surface area contributed by atoms with E-state index in [1.54, 1.807) is 27.7 Å². The molecule has 1 aromatic rings.